The first-order chi connectivity index (χ1) is 19.9. The average Bonchev–Trinajstić information content (AvgIpc) is 3.27. The van der Waals surface area contributed by atoms with Crippen LogP contribution in [-0.4, -0.2) is 76.9 Å². The van der Waals surface area contributed by atoms with Crippen LogP contribution in [0, 0.1) is 11.3 Å². The molecular formula is C30H36F2N4O6. The summed E-state index contributed by atoms with van der Waals surface area (Å²) in [5.41, 5.74) is -0.837. The zero-order chi connectivity index (χ0) is 30.4. The van der Waals surface area contributed by atoms with Crippen molar-refractivity contribution >= 4 is 40.2 Å². The molecule has 2 heterocycles. The van der Waals surface area contributed by atoms with E-state index in [0.29, 0.717) is 29.5 Å². The molecule has 2 aromatic rings. The lowest BCUT2D eigenvalue weighted by Crippen LogP contribution is -2.54. The van der Waals surface area contributed by atoms with Crippen molar-refractivity contribution in [2.75, 3.05) is 13.7 Å². The number of ether oxygens (including phenoxy) is 1. The third kappa shape index (κ3) is 5.50. The highest BCUT2D eigenvalue weighted by Crippen LogP contribution is 2.66. The van der Waals surface area contributed by atoms with E-state index < -0.39 is 59.3 Å². The van der Waals surface area contributed by atoms with Gasteiger partial charge in [0.25, 0.3) is 17.7 Å². The van der Waals surface area contributed by atoms with E-state index in [1.165, 1.54) is 7.11 Å². The molecule has 0 bridgehead atoms. The van der Waals surface area contributed by atoms with Gasteiger partial charge in [-0.25, -0.2) is 8.78 Å². The van der Waals surface area contributed by atoms with Gasteiger partial charge in [-0.2, -0.15) is 0 Å². The van der Waals surface area contributed by atoms with Gasteiger partial charge in [0.15, 0.2) is 0 Å². The summed E-state index contributed by atoms with van der Waals surface area (Å²) < 4.78 is 34.5. The van der Waals surface area contributed by atoms with E-state index in [0.717, 1.165) is 17.7 Å². The standard InChI is InChI=1S/C30H36F2N4O6/c1-16(2)33-27(40)25(38)20(11-17-7-4-5-9-23(17)37)35-26(39)22-13-29(14-30(29,31)32)15-36(22)28(41)21-12-18-19(34-21)8-6-10-24(18)42-3/h6,8,10,12,16-17,20,22,34H,4-5,7,9,11,13-15H2,1-3H3,(H,33,40)(H,35,39). The van der Waals surface area contributed by atoms with Crippen LogP contribution in [0.15, 0.2) is 24.3 Å². The highest BCUT2D eigenvalue weighted by atomic mass is 19.3. The summed E-state index contributed by atoms with van der Waals surface area (Å²) in [6.45, 7) is 3.03. The van der Waals surface area contributed by atoms with Gasteiger partial charge >= 0.3 is 0 Å². The number of nitrogens with one attached hydrogen (secondary N) is 3. The van der Waals surface area contributed by atoms with E-state index in [1.807, 2.05) is 0 Å². The molecular weight excluding hydrogens is 550 g/mol. The monoisotopic (exact) mass is 586 g/mol. The Labute approximate surface area is 241 Å². The summed E-state index contributed by atoms with van der Waals surface area (Å²) in [5, 5.41) is 5.72. The van der Waals surface area contributed by atoms with E-state index in [1.54, 1.807) is 38.1 Å². The van der Waals surface area contributed by atoms with Gasteiger partial charge in [0, 0.05) is 42.2 Å². The third-order valence-electron chi connectivity index (χ3n) is 8.76. The molecule has 1 aromatic carbocycles. The van der Waals surface area contributed by atoms with Gasteiger partial charge in [-0.15, -0.1) is 0 Å². The predicted molar refractivity (Wildman–Crippen MR) is 148 cm³/mol. The molecule has 226 valence electrons. The number of carbonyl (C=O) groups is 5. The number of nitrogens with zero attached hydrogens (tertiary/aromatic N) is 1. The minimum absolute atomic E-state index is 0.0407. The van der Waals surface area contributed by atoms with Gasteiger partial charge in [0.2, 0.25) is 11.7 Å². The van der Waals surface area contributed by atoms with E-state index >= 15 is 0 Å². The van der Waals surface area contributed by atoms with E-state index in [2.05, 4.69) is 15.6 Å². The second-order valence-corrected chi connectivity index (χ2v) is 12.1. The van der Waals surface area contributed by atoms with Crippen LogP contribution >= 0.6 is 0 Å². The fraction of sp³-hybridized carbons (Fsp3) is 0.567. The van der Waals surface area contributed by atoms with Crippen molar-refractivity contribution in [3.05, 3.63) is 30.0 Å². The van der Waals surface area contributed by atoms with Crippen LogP contribution in [0.3, 0.4) is 0 Å². The Morgan fingerprint density at radius 3 is 2.55 bits per heavy atom. The van der Waals surface area contributed by atoms with Gasteiger partial charge in [0.1, 0.15) is 23.3 Å². The van der Waals surface area contributed by atoms with Crippen molar-refractivity contribution in [2.24, 2.45) is 11.3 Å². The molecule has 1 spiro atoms. The number of halogens is 2. The zero-order valence-corrected chi connectivity index (χ0v) is 23.9. The normalized spacial score (nSPS) is 25.5. The van der Waals surface area contributed by atoms with Gasteiger partial charge in [0.05, 0.1) is 18.6 Å². The number of amides is 3. The van der Waals surface area contributed by atoms with Crippen molar-refractivity contribution in [3.8, 4) is 5.75 Å². The van der Waals surface area contributed by atoms with Gasteiger partial charge < -0.3 is 25.3 Å². The fourth-order valence-electron chi connectivity index (χ4n) is 6.36. The number of H-pyrrole nitrogens is 1. The lowest BCUT2D eigenvalue weighted by molar-refractivity contribution is -0.141. The van der Waals surface area contributed by atoms with Crippen LogP contribution in [0.4, 0.5) is 8.78 Å². The van der Waals surface area contributed by atoms with Crippen LogP contribution < -0.4 is 15.4 Å². The Kier molecular flexibility index (Phi) is 7.84. The molecule has 1 aliphatic heterocycles. The number of fused-ring (bicyclic) bond motifs is 1. The van der Waals surface area contributed by atoms with E-state index in [9.17, 15) is 32.8 Å². The number of likely N-dealkylation sites (tertiary alicyclic amines) is 1. The highest BCUT2D eigenvalue weighted by molar-refractivity contribution is 6.38. The van der Waals surface area contributed by atoms with E-state index in [4.69, 9.17) is 4.74 Å². The van der Waals surface area contributed by atoms with Crippen LogP contribution in [-0.2, 0) is 19.2 Å². The molecule has 10 nitrogen and oxygen atoms in total. The largest absolute Gasteiger partial charge is 0.496 e. The smallest absolute Gasteiger partial charge is 0.289 e. The molecule has 42 heavy (non-hydrogen) atoms. The molecule has 0 radical (unpaired) electrons. The number of alkyl halides is 2. The van der Waals surface area contributed by atoms with Crippen LogP contribution in [0.5, 0.6) is 5.75 Å². The molecule has 4 atom stereocenters. The van der Waals surface area contributed by atoms with Crippen molar-refractivity contribution in [2.45, 2.75) is 82.8 Å². The average molecular weight is 587 g/mol. The second kappa shape index (κ2) is 11.1. The molecule has 3 fully saturated rings. The maximum Gasteiger partial charge on any atom is 0.289 e. The molecule has 12 heteroatoms. The first-order valence-electron chi connectivity index (χ1n) is 14.4. The number of rotatable bonds is 9. The van der Waals surface area contributed by atoms with Crippen LogP contribution in [0.2, 0.25) is 0 Å². The summed E-state index contributed by atoms with van der Waals surface area (Å²) in [4.78, 5) is 69.9. The molecule has 3 amide bonds. The fourth-order valence-corrected chi connectivity index (χ4v) is 6.36. The first kappa shape index (κ1) is 29.7. The number of hydrogen-bond donors (Lipinski definition) is 3. The first-order valence-corrected chi connectivity index (χ1v) is 14.4. The number of carbonyl (C=O) groups excluding carboxylic acids is 5. The minimum Gasteiger partial charge on any atom is -0.496 e. The number of hydrogen-bond acceptors (Lipinski definition) is 6. The van der Waals surface area contributed by atoms with Gasteiger partial charge in [-0.05, 0) is 57.7 Å². The molecule has 3 N–H and O–H groups in total. The number of aromatic amines is 1. The van der Waals surface area contributed by atoms with Crippen molar-refractivity contribution in [1.29, 1.82) is 0 Å². The lowest BCUT2D eigenvalue weighted by Gasteiger charge is -2.28. The van der Waals surface area contributed by atoms with Crippen LogP contribution in [0.25, 0.3) is 10.9 Å². The third-order valence-corrected chi connectivity index (χ3v) is 8.76. The van der Waals surface area contributed by atoms with Crippen molar-refractivity contribution in [1.82, 2.24) is 20.5 Å². The van der Waals surface area contributed by atoms with E-state index in [-0.39, 0.29) is 36.9 Å². The highest BCUT2D eigenvalue weighted by Gasteiger charge is 2.75. The number of methoxy groups -OCH3 is 1. The van der Waals surface area contributed by atoms with Gasteiger partial charge in [-0.1, -0.05) is 12.5 Å². The molecule has 4 unspecified atom stereocenters. The van der Waals surface area contributed by atoms with Crippen LogP contribution in [0.1, 0.15) is 69.3 Å². The molecule has 1 aromatic heterocycles. The summed E-state index contributed by atoms with van der Waals surface area (Å²) in [6.07, 6.45) is 1.59. The Morgan fingerprint density at radius 2 is 1.90 bits per heavy atom. The minimum atomic E-state index is -3.04. The summed E-state index contributed by atoms with van der Waals surface area (Å²) >= 11 is 0. The molecule has 2 aliphatic carbocycles. The molecule has 5 rings (SSSR count). The molecule has 3 aliphatic rings. The zero-order valence-electron chi connectivity index (χ0n) is 23.9. The molecule has 2 saturated carbocycles. The Bertz CT molecular complexity index is 1440. The lowest BCUT2D eigenvalue weighted by atomic mass is 9.82. The maximum atomic E-state index is 14.6. The number of ketones is 2. The van der Waals surface area contributed by atoms with Gasteiger partial charge in [-0.3, -0.25) is 24.0 Å². The second-order valence-electron chi connectivity index (χ2n) is 12.1. The number of Topliss-reactive ketones (excluding diaryl/α,β-unsaturated/α-hetero) is 2. The Hall–Kier alpha value is -3.83. The molecule has 1 saturated heterocycles. The SMILES string of the molecule is COc1cccc2[nH]c(C(=O)N3CC4(CC3C(=O)NC(CC3CCCCC3=O)C(=O)C(=O)NC(C)C)CC4(F)F)cc12. The topological polar surface area (TPSA) is 138 Å². The number of benzene rings is 1. The Morgan fingerprint density at radius 1 is 1.17 bits per heavy atom. The summed E-state index contributed by atoms with van der Waals surface area (Å²) in [5.74, 6) is -6.35. The summed E-state index contributed by atoms with van der Waals surface area (Å²) in [7, 11) is 1.49. The quantitative estimate of drug-likeness (QED) is 0.386. The van der Waals surface area contributed by atoms with Crippen molar-refractivity contribution < 1.29 is 37.5 Å². The maximum absolute atomic E-state index is 14.6. The Balaban J connectivity index is 1.41. The van der Waals surface area contributed by atoms with Crippen molar-refractivity contribution in [3.63, 3.8) is 0 Å². The number of aromatic nitrogens is 1. The summed E-state index contributed by atoms with van der Waals surface area (Å²) in [6, 6.07) is 3.77. The predicted octanol–water partition coefficient (Wildman–Crippen LogP) is 3.14.